The number of aromatic nitrogens is 4. The fourth-order valence-electron chi connectivity index (χ4n) is 2.67. The first-order valence-corrected chi connectivity index (χ1v) is 9.11. The van der Waals surface area contributed by atoms with E-state index >= 15 is 0 Å². The summed E-state index contributed by atoms with van der Waals surface area (Å²) in [6.07, 6.45) is 9.16. The number of carbonyl (C=O) groups excluding carboxylic acids is 1. The van der Waals surface area contributed by atoms with Crippen LogP contribution in [0.5, 0.6) is 0 Å². The molecule has 6 nitrogen and oxygen atoms in total. The monoisotopic (exact) mass is 361 g/mol. The van der Waals surface area contributed by atoms with E-state index in [9.17, 15) is 4.79 Å². The molecule has 0 saturated heterocycles. The highest BCUT2D eigenvalue weighted by Gasteiger charge is 2.16. The van der Waals surface area contributed by atoms with Crippen LogP contribution in [0.15, 0.2) is 67.3 Å². The largest absolute Gasteiger partial charge is 0.334 e. The molecule has 3 rings (SSSR count). The van der Waals surface area contributed by atoms with Crippen molar-refractivity contribution in [3.05, 3.63) is 78.5 Å². The summed E-state index contributed by atoms with van der Waals surface area (Å²) < 4.78 is 1.68. The first kappa shape index (κ1) is 18.5. The minimum atomic E-state index is -0.0731. The summed E-state index contributed by atoms with van der Waals surface area (Å²) in [5.74, 6) is 0.553. The molecular weight excluding hydrogens is 338 g/mol. The van der Waals surface area contributed by atoms with Crippen LogP contribution in [0.1, 0.15) is 35.8 Å². The van der Waals surface area contributed by atoms with Crippen molar-refractivity contribution >= 4 is 12.0 Å². The van der Waals surface area contributed by atoms with Crippen LogP contribution in [-0.4, -0.2) is 43.6 Å². The van der Waals surface area contributed by atoms with Gasteiger partial charge in [0.05, 0.1) is 0 Å². The lowest BCUT2D eigenvalue weighted by atomic mass is 10.2. The number of rotatable bonds is 8. The van der Waals surface area contributed by atoms with E-state index in [2.05, 4.69) is 22.1 Å². The van der Waals surface area contributed by atoms with Gasteiger partial charge in [0.25, 0.3) is 5.91 Å². The minimum Gasteiger partial charge on any atom is -0.334 e. The Balaban J connectivity index is 1.75. The standard InChI is InChI=1S/C21H23N5O/c1-2-3-14-25(15-8-11-18-9-5-4-6-10-18)21(27)19-12-7-13-20(24-19)26-16-22-23-17-26/h4-13,16-17H,2-3,14-15H2,1H3. The Bertz CT molecular complexity index is 875. The second-order valence-electron chi connectivity index (χ2n) is 6.17. The van der Waals surface area contributed by atoms with E-state index in [0.717, 1.165) is 18.4 Å². The molecule has 3 aromatic rings. The van der Waals surface area contributed by atoms with E-state index < -0.39 is 0 Å². The van der Waals surface area contributed by atoms with Crippen molar-refractivity contribution in [3.63, 3.8) is 0 Å². The first-order chi connectivity index (χ1) is 13.3. The van der Waals surface area contributed by atoms with Crippen molar-refractivity contribution in [3.8, 4) is 5.82 Å². The lowest BCUT2D eigenvalue weighted by molar-refractivity contribution is 0.0766. The van der Waals surface area contributed by atoms with E-state index in [4.69, 9.17) is 0 Å². The normalized spacial score (nSPS) is 11.0. The molecule has 0 N–H and O–H groups in total. The summed E-state index contributed by atoms with van der Waals surface area (Å²) >= 11 is 0. The SMILES string of the molecule is CCCCN(CC=Cc1ccccc1)C(=O)c1cccc(-n2cnnc2)n1. The van der Waals surface area contributed by atoms with Crippen LogP contribution in [0.3, 0.4) is 0 Å². The molecule has 0 saturated carbocycles. The van der Waals surface area contributed by atoms with Crippen molar-refractivity contribution in [1.82, 2.24) is 24.6 Å². The number of amides is 1. The molecule has 0 atom stereocenters. The second-order valence-corrected chi connectivity index (χ2v) is 6.17. The maximum Gasteiger partial charge on any atom is 0.272 e. The van der Waals surface area contributed by atoms with Gasteiger partial charge in [-0.25, -0.2) is 4.98 Å². The Labute approximate surface area is 159 Å². The van der Waals surface area contributed by atoms with Gasteiger partial charge >= 0.3 is 0 Å². The maximum absolute atomic E-state index is 13.0. The first-order valence-electron chi connectivity index (χ1n) is 9.11. The Morgan fingerprint density at radius 1 is 1.07 bits per heavy atom. The van der Waals surface area contributed by atoms with Crippen LogP contribution in [-0.2, 0) is 0 Å². The zero-order chi connectivity index (χ0) is 18.9. The smallest absolute Gasteiger partial charge is 0.272 e. The topological polar surface area (TPSA) is 63.9 Å². The zero-order valence-electron chi connectivity index (χ0n) is 15.4. The molecule has 27 heavy (non-hydrogen) atoms. The quantitative estimate of drug-likeness (QED) is 0.615. The predicted octanol–water partition coefficient (Wildman–Crippen LogP) is 3.62. The van der Waals surface area contributed by atoms with Gasteiger partial charge in [0.1, 0.15) is 24.2 Å². The van der Waals surface area contributed by atoms with Crippen molar-refractivity contribution in [2.45, 2.75) is 19.8 Å². The lowest BCUT2D eigenvalue weighted by Crippen LogP contribution is -2.33. The molecule has 138 valence electrons. The Hall–Kier alpha value is -3.28. The molecule has 0 fully saturated rings. The number of hydrogen-bond donors (Lipinski definition) is 0. The van der Waals surface area contributed by atoms with E-state index in [1.165, 1.54) is 0 Å². The molecule has 0 spiro atoms. The fourth-order valence-corrected chi connectivity index (χ4v) is 2.67. The summed E-state index contributed by atoms with van der Waals surface area (Å²) in [6, 6.07) is 15.5. The van der Waals surface area contributed by atoms with Gasteiger partial charge in [-0.15, -0.1) is 10.2 Å². The molecule has 0 radical (unpaired) electrons. The molecule has 2 aromatic heterocycles. The lowest BCUT2D eigenvalue weighted by Gasteiger charge is -2.21. The Morgan fingerprint density at radius 2 is 1.85 bits per heavy atom. The number of pyridine rings is 1. The zero-order valence-corrected chi connectivity index (χ0v) is 15.4. The highest BCUT2D eigenvalue weighted by molar-refractivity contribution is 5.92. The highest BCUT2D eigenvalue weighted by Crippen LogP contribution is 2.09. The molecule has 1 aromatic carbocycles. The summed E-state index contributed by atoms with van der Waals surface area (Å²) in [6.45, 7) is 3.37. The molecular formula is C21H23N5O. The van der Waals surface area contributed by atoms with Gasteiger partial charge in [-0.3, -0.25) is 9.36 Å². The van der Waals surface area contributed by atoms with Crippen LogP contribution >= 0.6 is 0 Å². The second kappa shape index (κ2) is 9.43. The average molecular weight is 361 g/mol. The maximum atomic E-state index is 13.0. The Kier molecular flexibility index (Phi) is 6.46. The van der Waals surface area contributed by atoms with E-state index in [1.54, 1.807) is 23.3 Å². The van der Waals surface area contributed by atoms with Crippen LogP contribution in [0.25, 0.3) is 11.9 Å². The molecule has 1 amide bonds. The molecule has 0 aliphatic heterocycles. The van der Waals surface area contributed by atoms with Gasteiger partial charge < -0.3 is 4.90 Å². The van der Waals surface area contributed by atoms with E-state index in [1.807, 2.05) is 59.5 Å². The summed E-state index contributed by atoms with van der Waals surface area (Å²) in [7, 11) is 0. The number of benzene rings is 1. The van der Waals surface area contributed by atoms with Crippen molar-refractivity contribution in [2.24, 2.45) is 0 Å². The van der Waals surface area contributed by atoms with Gasteiger partial charge in [-0.05, 0) is 24.1 Å². The highest BCUT2D eigenvalue weighted by atomic mass is 16.2. The fraction of sp³-hybridized carbons (Fsp3) is 0.238. The average Bonchev–Trinajstić information content (AvgIpc) is 3.26. The molecule has 0 aliphatic carbocycles. The minimum absolute atomic E-state index is 0.0731. The molecule has 0 unspecified atom stereocenters. The van der Waals surface area contributed by atoms with E-state index in [-0.39, 0.29) is 5.91 Å². The van der Waals surface area contributed by atoms with Gasteiger partial charge in [0.15, 0.2) is 0 Å². The van der Waals surface area contributed by atoms with Gasteiger partial charge in [0.2, 0.25) is 0 Å². The van der Waals surface area contributed by atoms with Gasteiger partial charge in [-0.2, -0.15) is 0 Å². The molecule has 0 aliphatic rings. The van der Waals surface area contributed by atoms with Crippen molar-refractivity contribution < 1.29 is 4.79 Å². The Morgan fingerprint density at radius 3 is 2.59 bits per heavy atom. The summed E-state index contributed by atoms with van der Waals surface area (Å²) in [5.41, 5.74) is 1.54. The predicted molar refractivity (Wildman–Crippen MR) is 105 cm³/mol. The third-order valence-corrected chi connectivity index (χ3v) is 4.14. The van der Waals surface area contributed by atoms with Crippen LogP contribution < -0.4 is 0 Å². The third kappa shape index (κ3) is 5.10. The number of carbonyl (C=O) groups is 1. The van der Waals surface area contributed by atoms with E-state index in [0.29, 0.717) is 24.6 Å². The number of unbranched alkanes of at least 4 members (excludes halogenated alkanes) is 1. The van der Waals surface area contributed by atoms with Crippen molar-refractivity contribution in [1.29, 1.82) is 0 Å². The van der Waals surface area contributed by atoms with Crippen LogP contribution in [0.2, 0.25) is 0 Å². The molecule has 6 heteroatoms. The molecule has 2 heterocycles. The third-order valence-electron chi connectivity index (χ3n) is 4.14. The van der Waals surface area contributed by atoms with Gasteiger partial charge in [-0.1, -0.05) is 61.9 Å². The summed E-state index contributed by atoms with van der Waals surface area (Å²) in [4.78, 5) is 19.3. The van der Waals surface area contributed by atoms with Gasteiger partial charge in [0, 0.05) is 13.1 Å². The summed E-state index contributed by atoms with van der Waals surface area (Å²) in [5, 5.41) is 7.57. The number of hydrogen-bond acceptors (Lipinski definition) is 4. The number of nitrogens with zero attached hydrogens (tertiary/aromatic N) is 5. The molecule has 0 bridgehead atoms. The van der Waals surface area contributed by atoms with Crippen molar-refractivity contribution in [2.75, 3.05) is 13.1 Å². The van der Waals surface area contributed by atoms with Crippen LogP contribution in [0.4, 0.5) is 0 Å². The van der Waals surface area contributed by atoms with Crippen LogP contribution in [0, 0.1) is 0 Å².